The van der Waals surface area contributed by atoms with Gasteiger partial charge < -0.3 is 29.9 Å². The van der Waals surface area contributed by atoms with Crippen LogP contribution in [0.1, 0.15) is 38.0 Å². The summed E-state index contributed by atoms with van der Waals surface area (Å²) in [6.45, 7) is 2.35. The van der Waals surface area contributed by atoms with Crippen LogP contribution in [0.3, 0.4) is 0 Å². The van der Waals surface area contributed by atoms with Crippen LogP contribution in [-0.2, 0) is 0 Å². The summed E-state index contributed by atoms with van der Waals surface area (Å²) in [5.41, 5.74) is -0.669. The third kappa shape index (κ3) is 3.89. The number of anilines is 1. The van der Waals surface area contributed by atoms with Gasteiger partial charge in [0, 0.05) is 16.8 Å². The number of rotatable bonds is 6. The molecule has 0 saturated carbocycles. The molecule has 1 amide bonds. The van der Waals surface area contributed by atoms with Gasteiger partial charge in [-0.2, -0.15) is 0 Å². The van der Waals surface area contributed by atoms with Crippen molar-refractivity contribution < 1.29 is 29.3 Å². The normalized spacial score (nSPS) is 10.0. The van der Waals surface area contributed by atoms with Gasteiger partial charge in [0.1, 0.15) is 5.75 Å². The second-order valence-electron chi connectivity index (χ2n) is 4.75. The maximum atomic E-state index is 12.2. The van der Waals surface area contributed by atoms with Gasteiger partial charge in [0.05, 0.1) is 18.5 Å². The highest BCUT2D eigenvalue weighted by Crippen LogP contribution is 2.18. The average Bonchev–Trinajstić information content (AvgIpc) is 2.56. The van der Waals surface area contributed by atoms with Crippen molar-refractivity contribution >= 4 is 23.5 Å². The van der Waals surface area contributed by atoms with Crippen LogP contribution in [0.5, 0.6) is 5.75 Å². The number of carbonyl (C=O) groups excluding carboxylic acids is 3. The molecule has 0 unspecified atom stereocenters. The topological polar surface area (TPSA) is 119 Å². The van der Waals surface area contributed by atoms with Gasteiger partial charge in [0.2, 0.25) is 0 Å². The molecule has 124 valence electrons. The van der Waals surface area contributed by atoms with Gasteiger partial charge in [-0.1, -0.05) is 6.07 Å². The SMILES string of the molecule is CCOc1ccc(NC(=O)c2ccc(C(=O)[O-])cc2C(=O)[O-])cc1. The van der Waals surface area contributed by atoms with E-state index in [1.807, 2.05) is 6.92 Å². The summed E-state index contributed by atoms with van der Waals surface area (Å²) in [6.07, 6.45) is 0. The highest BCUT2D eigenvalue weighted by atomic mass is 16.5. The molecular formula is C17H13NO6-2. The Morgan fingerprint density at radius 2 is 1.62 bits per heavy atom. The summed E-state index contributed by atoms with van der Waals surface area (Å²) < 4.78 is 5.28. The number of carbonyl (C=O) groups is 3. The van der Waals surface area contributed by atoms with E-state index in [0.717, 1.165) is 18.2 Å². The third-order valence-corrected chi connectivity index (χ3v) is 3.14. The van der Waals surface area contributed by atoms with Crippen molar-refractivity contribution in [3.8, 4) is 5.75 Å². The van der Waals surface area contributed by atoms with E-state index in [-0.39, 0.29) is 11.1 Å². The van der Waals surface area contributed by atoms with Crippen molar-refractivity contribution in [1.82, 2.24) is 0 Å². The first-order chi connectivity index (χ1) is 11.4. The first-order valence-corrected chi connectivity index (χ1v) is 7.03. The van der Waals surface area contributed by atoms with Crippen LogP contribution < -0.4 is 20.3 Å². The molecule has 2 aromatic carbocycles. The minimum absolute atomic E-state index is 0.214. The van der Waals surface area contributed by atoms with E-state index in [0.29, 0.717) is 18.0 Å². The van der Waals surface area contributed by atoms with Crippen LogP contribution in [0, 0.1) is 0 Å². The lowest BCUT2D eigenvalue weighted by Crippen LogP contribution is -2.28. The lowest BCUT2D eigenvalue weighted by molar-refractivity contribution is -0.255. The first-order valence-electron chi connectivity index (χ1n) is 7.03. The fourth-order valence-corrected chi connectivity index (χ4v) is 2.04. The van der Waals surface area contributed by atoms with Crippen molar-refractivity contribution in [2.75, 3.05) is 11.9 Å². The summed E-state index contributed by atoms with van der Waals surface area (Å²) in [7, 11) is 0. The van der Waals surface area contributed by atoms with Gasteiger partial charge in [-0.15, -0.1) is 0 Å². The summed E-state index contributed by atoms with van der Waals surface area (Å²) in [5.74, 6) is -3.28. The lowest BCUT2D eigenvalue weighted by Gasteiger charge is -2.13. The van der Waals surface area contributed by atoms with Crippen LogP contribution >= 0.6 is 0 Å². The maximum Gasteiger partial charge on any atom is 0.256 e. The second kappa shape index (κ2) is 7.28. The number of benzene rings is 2. The van der Waals surface area contributed by atoms with Crippen LogP contribution in [0.2, 0.25) is 0 Å². The van der Waals surface area contributed by atoms with Crippen molar-refractivity contribution in [3.63, 3.8) is 0 Å². The number of nitrogens with one attached hydrogen (secondary N) is 1. The summed E-state index contributed by atoms with van der Waals surface area (Å²) >= 11 is 0. The van der Waals surface area contributed by atoms with Gasteiger partial charge in [-0.05, 0) is 48.9 Å². The Kier molecular flexibility index (Phi) is 5.16. The van der Waals surface area contributed by atoms with E-state index in [4.69, 9.17) is 4.74 Å². The molecule has 0 heterocycles. The maximum absolute atomic E-state index is 12.2. The van der Waals surface area contributed by atoms with Crippen molar-refractivity contribution in [3.05, 3.63) is 59.2 Å². The number of aromatic carboxylic acids is 2. The highest BCUT2D eigenvalue weighted by Gasteiger charge is 2.14. The molecule has 0 aliphatic heterocycles. The molecule has 2 rings (SSSR count). The fourth-order valence-electron chi connectivity index (χ4n) is 2.04. The Bertz CT molecular complexity index is 782. The Morgan fingerprint density at radius 3 is 2.17 bits per heavy atom. The van der Waals surface area contributed by atoms with Crippen molar-refractivity contribution in [1.29, 1.82) is 0 Å². The Hall–Kier alpha value is -3.35. The van der Waals surface area contributed by atoms with E-state index in [1.54, 1.807) is 24.3 Å². The predicted octanol–water partition coefficient (Wildman–Crippen LogP) is 0.0646. The molecule has 7 heteroatoms. The van der Waals surface area contributed by atoms with Gasteiger partial charge in [0.25, 0.3) is 5.91 Å². The van der Waals surface area contributed by atoms with Crippen LogP contribution in [0.25, 0.3) is 0 Å². The van der Waals surface area contributed by atoms with Gasteiger partial charge >= 0.3 is 0 Å². The molecule has 1 N–H and O–H groups in total. The molecule has 0 atom stereocenters. The molecule has 7 nitrogen and oxygen atoms in total. The Balaban J connectivity index is 2.25. The molecule has 0 aliphatic rings. The summed E-state index contributed by atoms with van der Waals surface area (Å²) in [5, 5.41) is 24.5. The van der Waals surface area contributed by atoms with E-state index in [9.17, 15) is 24.6 Å². The van der Waals surface area contributed by atoms with E-state index >= 15 is 0 Å². The fraction of sp³-hybridized carbons (Fsp3) is 0.118. The van der Waals surface area contributed by atoms with Crippen LogP contribution in [0.15, 0.2) is 42.5 Å². The molecule has 0 aromatic heterocycles. The van der Waals surface area contributed by atoms with E-state index in [2.05, 4.69) is 5.32 Å². The molecule has 24 heavy (non-hydrogen) atoms. The van der Waals surface area contributed by atoms with Gasteiger partial charge in [-0.3, -0.25) is 4.79 Å². The largest absolute Gasteiger partial charge is 0.545 e. The van der Waals surface area contributed by atoms with Crippen LogP contribution in [0.4, 0.5) is 5.69 Å². The number of carboxylic acids is 2. The standard InChI is InChI=1S/C17H15NO6/c1-2-24-12-6-4-11(5-7-12)18-15(19)13-8-3-10(16(20)21)9-14(13)17(22)23/h3-9H,2H2,1H3,(H,18,19)(H,20,21)(H,22,23)/p-2. The minimum atomic E-state index is -1.66. The highest BCUT2D eigenvalue weighted by molar-refractivity contribution is 6.11. The molecule has 0 spiro atoms. The molecule has 0 bridgehead atoms. The monoisotopic (exact) mass is 327 g/mol. The molecule has 0 saturated heterocycles. The second-order valence-corrected chi connectivity index (χ2v) is 4.75. The molecule has 2 aromatic rings. The molecular weight excluding hydrogens is 314 g/mol. The summed E-state index contributed by atoms with van der Waals surface area (Å²) in [6, 6.07) is 9.51. The number of hydrogen-bond acceptors (Lipinski definition) is 6. The molecule has 0 radical (unpaired) electrons. The Labute approximate surface area is 137 Å². The zero-order chi connectivity index (χ0) is 17.7. The number of hydrogen-bond donors (Lipinski definition) is 1. The van der Waals surface area contributed by atoms with Crippen molar-refractivity contribution in [2.45, 2.75) is 6.92 Å². The zero-order valence-electron chi connectivity index (χ0n) is 12.7. The summed E-state index contributed by atoms with van der Waals surface area (Å²) in [4.78, 5) is 34.2. The van der Waals surface area contributed by atoms with E-state index in [1.165, 1.54) is 0 Å². The zero-order valence-corrected chi connectivity index (χ0v) is 12.7. The number of carboxylic acid groups (broad SMARTS) is 2. The average molecular weight is 327 g/mol. The lowest BCUT2D eigenvalue weighted by atomic mass is 10.0. The number of amides is 1. The van der Waals surface area contributed by atoms with Crippen LogP contribution in [-0.4, -0.2) is 24.5 Å². The van der Waals surface area contributed by atoms with Crippen molar-refractivity contribution in [2.24, 2.45) is 0 Å². The molecule has 0 fully saturated rings. The first kappa shape index (κ1) is 17.0. The van der Waals surface area contributed by atoms with E-state index < -0.39 is 23.4 Å². The quantitative estimate of drug-likeness (QED) is 0.801. The number of ether oxygens (including phenoxy) is 1. The minimum Gasteiger partial charge on any atom is -0.545 e. The predicted molar refractivity (Wildman–Crippen MR) is 80.7 cm³/mol. The Morgan fingerprint density at radius 1 is 0.958 bits per heavy atom. The van der Waals surface area contributed by atoms with Gasteiger partial charge in [-0.25, -0.2) is 0 Å². The van der Waals surface area contributed by atoms with Gasteiger partial charge in [0.15, 0.2) is 0 Å². The third-order valence-electron chi connectivity index (χ3n) is 3.14. The smallest absolute Gasteiger partial charge is 0.256 e. The molecule has 0 aliphatic carbocycles.